The van der Waals surface area contributed by atoms with Crippen LogP contribution in [0, 0.1) is 5.41 Å². The van der Waals surface area contributed by atoms with E-state index in [-0.39, 0.29) is 11.3 Å². The van der Waals surface area contributed by atoms with Gasteiger partial charge in [-0.05, 0) is 50.3 Å². The van der Waals surface area contributed by atoms with Crippen molar-refractivity contribution in [3.05, 3.63) is 29.8 Å². The first-order chi connectivity index (χ1) is 9.55. The van der Waals surface area contributed by atoms with Gasteiger partial charge in [0.25, 0.3) is 0 Å². The molecule has 3 nitrogen and oxygen atoms in total. The van der Waals surface area contributed by atoms with E-state index >= 15 is 0 Å². The highest BCUT2D eigenvalue weighted by Crippen LogP contribution is 2.28. The molecule has 0 aliphatic carbocycles. The Labute approximate surface area is 126 Å². The first kappa shape index (κ1) is 15.4. The lowest BCUT2D eigenvalue weighted by atomic mass is 9.81. The van der Waals surface area contributed by atoms with Crippen molar-refractivity contribution in [1.29, 1.82) is 0 Å². The SMILES string of the molecule is CSc1ccc(CN(C)C(=O)C2(C)CCCNC2)cc1. The van der Waals surface area contributed by atoms with E-state index in [0.29, 0.717) is 6.54 Å². The first-order valence-corrected chi connectivity index (χ1v) is 8.37. The molecule has 0 bridgehead atoms. The molecule has 1 saturated heterocycles. The fourth-order valence-corrected chi connectivity index (χ4v) is 3.18. The summed E-state index contributed by atoms with van der Waals surface area (Å²) >= 11 is 1.74. The molecule has 2 rings (SSSR count). The number of benzene rings is 1. The van der Waals surface area contributed by atoms with Crippen LogP contribution in [0.15, 0.2) is 29.2 Å². The number of carbonyl (C=O) groups excluding carboxylic acids is 1. The highest BCUT2D eigenvalue weighted by molar-refractivity contribution is 7.98. The number of nitrogens with zero attached hydrogens (tertiary/aromatic N) is 1. The lowest BCUT2D eigenvalue weighted by Crippen LogP contribution is -2.48. The molecule has 1 fully saturated rings. The van der Waals surface area contributed by atoms with Gasteiger partial charge in [-0.3, -0.25) is 4.79 Å². The molecule has 0 radical (unpaired) electrons. The molecule has 0 spiro atoms. The smallest absolute Gasteiger partial charge is 0.229 e. The van der Waals surface area contributed by atoms with Crippen LogP contribution in [0.2, 0.25) is 0 Å². The summed E-state index contributed by atoms with van der Waals surface area (Å²) in [5.74, 6) is 0.249. The molecule has 1 aromatic carbocycles. The second-order valence-corrected chi connectivity index (χ2v) is 6.73. The summed E-state index contributed by atoms with van der Waals surface area (Å²) < 4.78 is 0. The second-order valence-electron chi connectivity index (χ2n) is 5.85. The van der Waals surface area contributed by atoms with Crippen LogP contribution in [0.25, 0.3) is 0 Å². The van der Waals surface area contributed by atoms with E-state index in [9.17, 15) is 4.79 Å². The Balaban J connectivity index is 1.99. The third-order valence-corrected chi connectivity index (χ3v) is 4.78. The Morgan fingerprint density at radius 1 is 1.40 bits per heavy atom. The van der Waals surface area contributed by atoms with Gasteiger partial charge in [-0.2, -0.15) is 0 Å². The highest BCUT2D eigenvalue weighted by atomic mass is 32.2. The molecular formula is C16H24N2OS. The summed E-state index contributed by atoms with van der Waals surface area (Å²) in [6.07, 6.45) is 4.13. The molecule has 1 aromatic rings. The molecule has 1 atom stereocenters. The number of carbonyl (C=O) groups is 1. The van der Waals surface area contributed by atoms with Gasteiger partial charge in [-0.25, -0.2) is 0 Å². The Bertz CT molecular complexity index is 452. The van der Waals surface area contributed by atoms with Crippen LogP contribution in [0.3, 0.4) is 0 Å². The van der Waals surface area contributed by atoms with Gasteiger partial charge < -0.3 is 10.2 Å². The van der Waals surface area contributed by atoms with Crippen LogP contribution in [0.1, 0.15) is 25.3 Å². The van der Waals surface area contributed by atoms with E-state index in [1.807, 2.05) is 11.9 Å². The maximum Gasteiger partial charge on any atom is 0.229 e. The minimum atomic E-state index is -0.244. The van der Waals surface area contributed by atoms with Crippen LogP contribution >= 0.6 is 11.8 Å². The van der Waals surface area contributed by atoms with Crippen LogP contribution in [0.4, 0.5) is 0 Å². The Morgan fingerprint density at radius 3 is 2.65 bits per heavy atom. The van der Waals surface area contributed by atoms with Gasteiger partial charge in [0.05, 0.1) is 5.41 Å². The van der Waals surface area contributed by atoms with Gasteiger partial charge in [0.15, 0.2) is 0 Å². The van der Waals surface area contributed by atoms with Crippen LogP contribution in [0.5, 0.6) is 0 Å². The zero-order valence-electron chi connectivity index (χ0n) is 12.6. The number of hydrogen-bond acceptors (Lipinski definition) is 3. The molecule has 1 heterocycles. The summed E-state index contributed by atoms with van der Waals surface area (Å²) in [5, 5.41) is 3.34. The molecule has 20 heavy (non-hydrogen) atoms. The Hall–Kier alpha value is -1.00. The Kier molecular flexibility index (Phi) is 5.11. The molecule has 4 heteroatoms. The minimum absolute atomic E-state index is 0.244. The minimum Gasteiger partial charge on any atom is -0.341 e. The van der Waals surface area contributed by atoms with Crippen LogP contribution in [-0.4, -0.2) is 37.2 Å². The number of piperidine rings is 1. The summed E-state index contributed by atoms with van der Waals surface area (Å²) in [5.41, 5.74) is 0.942. The van der Waals surface area contributed by atoms with E-state index in [1.54, 1.807) is 11.8 Å². The maximum absolute atomic E-state index is 12.6. The largest absolute Gasteiger partial charge is 0.341 e. The van der Waals surface area contributed by atoms with Gasteiger partial charge in [0.1, 0.15) is 0 Å². The van der Waals surface area contributed by atoms with Gasteiger partial charge in [0.2, 0.25) is 5.91 Å². The predicted molar refractivity (Wildman–Crippen MR) is 84.9 cm³/mol. The topological polar surface area (TPSA) is 32.3 Å². The van der Waals surface area contributed by atoms with Gasteiger partial charge in [-0.15, -0.1) is 11.8 Å². The zero-order valence-corrected chi connectivity index (χ0v) is 13.4. The second kappa shape index (κ2) is 6.64. The molecule has 0 saturated carbocycles. The molecular weight excluding hydrogens is 268 g/mol. The number of nitrogens with one attached hydrogen (secondary N) is 1. The summed E-state index contributed by atoms with van der Waals surface area (Å²) in [6, 6.07) is 8.44. The van der Waals surface area contributed by atoms with Crippen LogP contribution in [-0.2, 0) is 11.3 Å². The van der Waals surface area contributed by atoms with E-state index in [4.69, 9.17) is 0 Å². The van der Waals surface area contributed by atoms with Crippen molar-refractivity contribution < 1.29 is 4.79 Å². The summed E-state index contributed by atoms with van der Waals surface area (Å²) in [4.78, 5) is 15.7. The lowest BCUT2D eigenvalue weighted by molar-refractivity contribution is -0.141. The third-order valence-electron chi connectivity index (χ3n) is 4.04. The average molecular weight is 292 g/mol. The third kappa shape index (κ3) is 3.55. The maximum atomic E-state index is 12.6. The molecule has 1 N–H and O–H groups in total. The van der Waals surface area contributed by atoms with E-state index in [2.05, 4.69) is 42.8 Å². The Morgan fingerprint density at radius 2 is 2.10 bits per heavy atom. The molecule has 0 aromatic heterocycles. The van der Waals surface area contributed by atoms with Gasteiger partial charge in [0, 0.05) is 25.0 Å². The lowest BCUT2D eigenvalue weighted by Gasteiger charge is -2.36. The monoisotopic (exact) mass is 292 g/mol. The molecule has 1 aliphatic rings. The zero-order chi connectivity index (χ0) is 14.6. The normalized spacial score (nSPS) is 22.6. The van der Waals surface area contributed by atoms with E-state index in [1.165, 1.54) is 10.5 Å². The quantitative estimate of drug-likeness (QED) is 0.866. The van der Waals surface area contributed by atoms with Crippen molar-refractivity contribution in [2.45, 2.75) is 31.2 Å². The van der Waals surface area contributed by atoms with E-state index < -0.39 is 0 Å². The van der Waals surface area contributed by atoms with Crippen molar-refractivity contribution >= 4 is 17.7 Å². The summed E-state index contributed by atoms with van der Waals surface area (Å²) in [6.45, 7) is 4.59. The van der Waals surface area contributed by atoms with Gasteiger partial charge >= 0.3 is 0 Å². The van der Waals surface area contributed by atoms with Crippen molar-refractivity contribution in [2.75, 3.05) is 26.4 Å². The van der Waals surface area contributed by atoms with Crippen molar-refractivity contribution in [1.82, 2.24) is 10.2 Å². The number of thioether (sulfide) groups is 1. The first-order valence-electron chi connectivity index (χ1n) is 7.14. The molecule has 1 aliphatic heterocycles. The van der Waals surface area contributed by atoms with Gasteiger partial charge in [-0.1, -0.05) is 12.1 Å². The van der Waals surface area contributed by atoms with Crippen molar-refractivity contribution in [3.63, 3.8) is 0 Å². The summed E-state index contributed by atoms with van der Waals surface area (Å²) in [7, 11) is 1.91. The standard InChI is InChI=1S/C16H24N2OS/c1-16(9-4-10-17-12-16)15(19)18(2)11-13-5-7-14(20-3)8-6-13/h5-8,17H,4,9-12H2,1-3H3. The van der Waals surface area contributed by atoms with Crippen molar-refractivity contribution in [3.8, 4) is 0 Å². The van der Waals surface area contributed by atoms with Crippen molar-refractivity contribution in [2.24, 2.45) is 5.41 Å². The molecule has 1 amide bonds. The molecule has 1 unspecified atom stereocenters. The van der Waals surface area contributed by atoms with E-state index in [0.717, 1.165) is 25.9 Å². The van der Waals surface area contributed by atoms with Crippen LogP contribution < -0.4 is 5.32 Å². The average Bonchev–Trinajstić information content (AvgIpc) is 2.48. The predicted octanol–water partition coefficient (Wildman–Crippen LogP) is 2.76. The molecule has 110 valence electrons. The number of rotatable bonds is 4. The number of amides is 1. The fourth-order valence-electron chi connectivity index (χ4n) is 2.78. The number of hydrogen-bond donors (Lipinski definition) is 1. The fraction of sp³-hybridized carbons (Fsp3) is 0.562. The highest BCUT2D eigenvalue weighted by Gasteiger charge is 2.36.